The van der Waals surface area contributed by atoms with E-state index in [0.29, 0.717) is 0 Å². The summed E-state index contributed by atoms with van der Waals surface area (Å²) in [5, 5.41) is 6.47. The van der Waals surface area contributed by atoms with Crippen LogP contribution in [-0.2, 0) is 0 Å². The van der Waals surface area contributed by atoms with Gasteiger partial charge in [-0.25, -0.2) is 0 Å². The third-order valence-electron chi connectivity index (χ3n) is 5.02. The Bertz CT molecular complexity index is 952. The average Bonchev–Trinajstić information content (AvgIpc) is 2.80. The van der Waals surface area contributed by atoms with Crippen LogP contribution in [0.15, 0.2) is 120 Å². The van der Waals surface area contributed by atoms with E-state index in [0.717, 1.165) is 17.7 Å². The van der Waals surface area contributed by atoms with Crippen molar-refractivity contribution in [2.75, 3.05) is 17.0 Å². The third-order valence-corrected chi connectivity index (χ3v) is 5.02. The highest BCUT2D eigenvalue weighted by atomic mass is 15.4. The fourth-order valence-corrected chi connectivity index (χ4v) is 3.49. The largest absolute Gasteiger partial charge is 0.334 e. The van der Waals surface area contributed by atoms with Crippen LogP contribution >= 0.6 is 0 Å². The molecular weight excluding hydrogens is 354 g/mol. The average molecular weight is 380 g/mol. The number of hydrogen-bond donors (Lipinski definition) is 0. The minimum Gasteiger partial charge on any atom is -0.334 e. The summed E-state index contributed by atoms with van der Waals surface area (Å²) in [5.74, 6) is 0. The number of rotatable bonds is 6. The van der Waals surface area contributed by atoms with E-state index in [-0.39, 0.29) is 6.04 Å². The predicted molar refractivity (Wildman–Crippen MR) is 124 cm³/mol. The molecule has 0 aromatic heterocycles. The zero-order valence-corrected chi connectivity index (χ0v) is 16.6. The van der Waals surface area contributed by atoms with Crippen molar-refractivity contribution in [1.29, 1.82) is 0 Å². The van der Waals surface area contributed by atoms with Crippen LogP contribution in [-0.4, -0.2) is 19.3 Å². The van der Waals surface area contributed by atoms with Gasteiger partial charge in [-0.2, -0.15) is 5.10 Å². The van der Waals surface area contributed by atoms with E-state index in [1.807, 2.05) is 36.5 Å². The molecule has 4 rings (SSSR count). The van der Waals surface area contributed by atoms with Crippen molar-refractivity contribution in [2.24, 2.45) is 5.10 Å². The number of hydrazone groups is 1. The fourth-order valence-electron chi connectivity index (χ4n) is 3.49. The minimum absolute atomic E-state index is 0.267. The quantitative estimate of drug-likeness (QED) is 0.375. The molecule has 29 heavy (non-hydrogen) atoms. The molecule has 3 aromatic carbocycles. The molecule has 1 atom stereocenters. The predicted octanol–water partition coefficient (Wildman–Crippen LogP) is 6.20. The number of hydrogen-bond acceptors (Lipinski definition) is 3. The van der Waals surface area contributed by atoms with Gasteiger partial charge < -0.3 is 4.90 Å². The molecule has 1 aliphatic rings. The van der Waals surface area contributed by atoms with E-state index in [1.165, 1.54) is 11.4 Å². The lowest BCUT2D eigenvalue weighted by Gasteiger charge is -2.33. The van der Waals surface area contributed by atoms with Gasteiger partial charge in [-0.3, -0.25) is 5.01 Å². The highest BCUT2D eigenvalue weighted by Crippen LogP contribution is 2.31. The van der Waals surface area contributed by atoms with Crippen molar-refractivity contribution < 1.29 is 0 Å². The van der Waals surface area contributed by atoms with Crippen LogP contribution in [0, 0.1) is 0 Å². The summed E-state index contributed by atoms with van der Waals surface area (Å²) >= 11 is 0. The standard InChI is InChI=1S/C26H25N3/c1-28(23-11-5-2-6-12-23)27-21-22-17-19-26(20-18-22)29(24-13-7-3-8-14-24)25-15-9-4-10-16-25/h2-19,21,26H,20H2,1H3/b27-21-. The molecule has 0 fully saturated rings. The fraction of sp³-hybridized carbons (Fsp3) is 0.115. The number of para-hydroxylation sites is 3. The Morgan fingerprint density at radius 3 is 1.76 bits per heavy atom. The molecule has 0 heterocycles. The molecule has 144 valence electrons. The third kappa shape index (κ3) is 4.64. The van der Waals surface area contributed by atoms with Crippen LogP contribution in [0.2, 0.25) is 0 Å². The number of benzene rings is 3. The number of allylic oxidation sites excluding steroid dienone is 2. The Labute approximate surface area is 172 Å². The van der Waals surface area contributed by atoms with E-state index in [9.17, 15) is 0 Å². The molecule has 0 amide bonds. The van der Waals surface area contributed by atoms with Crippen LogP contribution < -0.4 is 9.91 Å². The Balaban J connectivity index is 1.50. The van der Waals surface area contributed by atoms with Gasteiger partial charge in [-0.15, -0.1) is 0 Å². The Hall–Kier alpha value is -3.59. The first-order valence-corrected chi connectivity index (χ1v) is 9.92. The second-order valence-corrected chi connectivity index (χ2v) is 7.01. The summed E-state index contributed by atoms with van der Waals surface area (Å²) < 4.78 is 0. The molecule has 3 heteroatoms. The van der Waals surface area contributed by atoms with Gasteiger partial charge in [0.1, 0.15) is 0 Å². The maximum atomic E-state index is 4.58. The van der Waals surface area contributed by atoms with Crippen molar-refractivity contribution in [1.82, 2.24) is 0 Å². The van der Waals surface area contributed by atoms with Crippen LogP contribution in [0.1, 0.15) is 6.42 Å². The molecular formula is C26H25N3. The lowest BCUT2D eigenvalue weighted by molar-refractivity contribution is 0.783. The van der Waals surface area contributed by atoms with Crippen LogP contribution in [0.25, 0.3) is 0 Å². The highest BCUT2D eigenvalue weighted by Gasteiger charge is 2.19. The van der Waals surface area contributed by atoms with Crippen LogP contribution in [0.3, 0.4) is 0 Å². The first kappa shape index (κ1) is 18.8. The number of anilines is 3. The zero-order chi connectivity index (χ0) is 19.9. The Morgan fingerprint density at radius 2 is 1.28 bits per heavy atom. The molecule has 0 saturated heterocycles. The number of nitrogens with zero attached hydrogens (tertiary/aromatic N) is 3. The van der Waals surface area contributed by atoms with E-state index in [2.05, 4.69) is 101 Å². The zero-order valence-electron chi connectivity index (χ0n) is 16.6. The molecule has 1 unspecified atom stereocenters. The van der Waals surface area contributed by atoms with Gasteiger partial charge in [0.2, 0.25) is 0 Å². The van der Waals surface area contributed by atoms with Gasteiger partial charge in [0, 0.05) is 18.4 Å². The van der Waals surface area contributed by atoms with E-state index < -0.39 is 0 Å². The minimum atomic E-state index is 0.267. The molecule has 0 radical (unpaired) electrons. The first-order valence-electron chi connectivity index (χ1n) is 9.92. The maximum absolute atomic E-state index is 4.58. The molecule has 0 saturated carbocycles. The van der Waals surface area contributed by atoms with Crippen molar-refractivity contribution >= 4 is 23.3 Å². The van der Waals surface area contributed by atoms with Crippen molar-refractivity contribution in [3.8, 4) is 0 Å². The van der Waals surface area contributed by atoms with Gasteiger partial charge in [0.05, 0.1) is 17.9 Å². The SMILES string of the molecule is CN(/N=C\C1=CCC(N(c2ccccc2)c2ccccc2)C=C1)c1ccccc1. The lowest BCUT2D eigenvalue weighted by atomic mass is 10.0. The molecule has 0 bridgehead atoms. The molecule has 0 N–H and O–H groups in total. The molecule has 0 spiro atoms. The van der Waals surface area contributed by atoms with E-state index in [4.69, 9.17) is 0 Å². The Kier molecular flexibility index (Phi) is 5.87. The smallest absolute Gasteiger partial charge is 0.0590 e. The van der Waals surface area contributed by atoms with Gasteiger partial charge in [0.15, 0.2) is 0 Å². The monoisotopic (exact) mass is 379 g/mol. The van der Waals surface area contributed by atoms with Crippen LogP contribution in [0.5, 0.6) is 0 Å². The van der Waals surface area contributed by atoms with E-state index >= 15 is 0 Å². The van der Waals surface area contributed by atoms with Gasteiger partial charge in [-0.05, 0) is 48.4 Å². The second kappa shape index (κ2) is 9.07. The van der Waals surface area contributed by atoms with Gasteiger partial charge in [0.25, 0.3) is 0 Å². The summed E-state index contributed by atoms with van der Waals surface area (Å²) in [7, 11) is 1.97. The molecule has 3 nitrogen and oxygen atoms in total. The summed E-state index contributed by atoms with van der Waals surface area (Å²) in [6.07, 6.45) is 9.54. The van der Waals surface area contributed by atoms with Crippen molar-refractivity contribution in [3.05, 3.63) is 115 Å². The van der Waals surface area contributed by atoms with Gasteiger partial charge in [-0.1, -0.05) is 72.8 Å². The highest BCUT2D eigenvalue weighted by molar-refractivity contribution is 5.83. The van der Waals surface area contributed by atoms with E-state index in [1.54, 1.807) is 0 Å². The lowest BCUT2D eigenvalue weighted by Crippen LogP contribution is -2.30. The second-order valence-electron chi connectivity index (χ2n) is 7.01. The van der Waals surface area contributed by atoms with Crippen molar-refractivity contribution in [2.45, 2.75) is 12.5 Å². The Morgan fingerprint density at radius 1 is 0.759 bits per heavy atom. The topological polar surface area (TPSA) is 18.8 Å². The summed E-state index contributed by atoms with van der Waals surface area (Å²) in [5.41, 5.74) is 4.59. The summed E-state index contributed by atoms with van der Waals surface area (Å²) in [6.45, 7) is 0. The summed E-state index contributed by atoms with van der Waals surface area (Å²) in [4.78, 5) is 2.39. The molecule has 0 aliphatic heterocycles. The molecule has 3 aromatic rings. The summed E-state index contributed by atoms with van der Waals surface area (Å²) in [6, 6.07) is 31.5. The normalized spacial score (nSPS) is 15.9. The first-order chi connectivity index (χ1) is 14.3. The van der Waals surface area contributed by atoms with Gasteiger partial charge >= 0.3 is 0 Å². The molecule has 1 aliphatic carbocycles. The maximum Gasteiger partial charge on any atom is 0.0590 e. The van der Waals surface area contributed by atoms with Crippen molar-refractivity contribution in [3.63, 3.8) is 0 Å². The van der Waals surface area contributed by atoms with Crippen LogP contribution in [0.4, 0.5) is 17.1 Å².